The molecule has 0 aliphatic carbocycles. The van der Waals surface area contributed by atoms with Gasteiger partial charge in [0.1, 0.15) is 0 Å². The standard InChI is InChI=1S/C15H23N3O2/c1-11-8-14(13(9-16)12(2)17-11)18-5-3-4-15(10-18)19-6-7-20-15/h8H,3-7,9-10,16H2,1-2H3. The van der Waals surface area contributed by atoms with Crippen LogP contribution in [0.2, 0.25) is 0 Å². The number of rotatable bonds is 2. The summed E-state index contributed by atoms with van der Waals surface area (Å²) in [5.74, 6) is -0.408. The Hall–Kier alpha value is -1.17. The molecule has 2 fully saturated rings. The lowest BCUT2D eigenvalue weighted by Crippen LogP contribution is -2.49. The predicted molar refractivity (Wildman–Crippen MR) is 77.7 cm³/mol. The van der Waals surface area contributed by atoms with Crippen molar-refractivity contribution in [1.29, 1.82) is 0 Å². The van der Waals surface area contributed by atoms with Crippen LogP contribution in [-0.4, -0.2) is 37.1 Å². The van der Waals surface area contributed by atoms with E-state index in [2.05, 4.69) is 16.0 Å². The van der Waals surface area contributed by atoms with Gasteiger partial charge in [-0.1, -0.05) is 0 Å². The van der Waals surface area contributed by atoms with Crippen molar-refractivity contribution in [3.63, 3.8) is 0 Å². The van der Waals surface area contributed by atoms with Gasteiger partial charge in [-0.05, 0) is 26.3 Å². The molecular formula is C15H23N3O2. The van der Waals surface area contributed by atoms with Crippen LogP contribution >= 0.6 is 0 Å². The van der Waals surface area contributed by atoms with Gasteiger partial charge in [0, 0.05) is 42.1 Å². The largest absolute Gasteiger partial charge is 0.366 e. The molecule has 0 saturated carbocycles. The lowest BCUT2D eigenvalue weighted by molar-refractivity contribution is -0.161. The van der Waals surface area contributed by atoms with Gasteiger partial charge >= 0.3 is 0 Å². The third-order valence-electron chi connectivity index (χ3n) is 4.21. The maximum absolute atomic E-state index is 5.92. The number of hydrogen-bond donors (Lipinski definition) is 1. The van der Waals surface area contributed by atoms with E-state index in [1.54, 1.807) is 0 Å². The van der Waals surface area contributed by atoms with Crippen LogP contribution in [0.4, 0.5) is 5.69 Å². The molecule has 2 aliphatic heterocycles. The van der Waals surface area contributed by atoms with Crippen LogP contribution < -0.4 is 10.6 Å². The van der Waals surface area contributed by atoms with Gasteiger partial charge in [-0.25, -0.2) is 0 Å². The summed E-state index contributed by atoms with van der Waals surface area (Å²) in [5, 5.41) is 0. The Morgan fingerprint density at radius 3 is 2.80 bits per heavy atom. The topological polar surface area (TPSA) is 60.6 Å². The van der Waals surface area contributed by atoms with Crippen LogP contribution in [0.1, 0.15) is 29.8 Å². The number of nitrogens with zero attached hydrogens (tertiary/aromatic N) is 2. The van der Waals surface area contributed by atoms with Gasteiger partial charge in [-0.2, -0.15) is 0 Å². The number of hydrogen-bond acceptors (Lipinski definition) is 5. The number of aromatic nitrogens is 1. The lowest BCUT2D eigenvalue weighted by Gasteiger charge is -2.40. The fraction of sp³-hybridized carbons (Fsp3) is 0.667. The van der Waals surface area contributed by atoms with Crippen LogP contribution in [0, 0.1) is 13.8 Å². The first kappa shape index (κ1) is 13.8. The molecule has 0 radical (unpaired) electrons. The van der Waals surface area contributed by atoms with Gasteiger partial charge in [0.25, 0.3) is 0 Å². The normalized spacial score (nSPS) is 21.6. The van der Waals surface area contributed by atoms with Crippen molar-refractivity contribution in [3.05, 3.63) is 23.0 Å². The monoisotopic (exact) mass is 277 g/mol. The highest BCUT2D eigenvalue weighted by atomic mass is 16.7. The predicted octanol–water partition coefficient (Wildman–Crippen LogP) is 1.50. The average molecular weight is 277 g/mol. The summed E-state index contributed by atoms with van der Waals surface area (Å²) in [4.78, 5) is 6.87. The third-order valence-corrected chi connectivity index (χ3v) is 4.21. The van der Waals surface area contributed by atoms with E-state index in [0.29, 0.717) is 19.8 Å². The molecule has 5 nitrogen and oxygen atoms in total. The van der Waals surface area contributed by atoms with Gasteiger partial charge in [0.05, 0.1) is 19.8 Å². The van der Waals surface area contributed by atoms with Crippen molar-refractivity contribution in [2.24, 2.45) is 5.73 Å². The first-order chi connectivity index (χ1) is 9.63. The molecule has 0 bridgehead atoms. The second-order valence-corrected chi connectivity index (χ2v) is 5.68. The highest BCUT2D eigenvalue weighted by Gasteiger charge is 2.41. The fourth-order valence-electron chi connectivity index (χ4n) is 3.30. The minimum absolute atomic E-state index is 0.408. The molecule has 0 unspecified atom stereocenters. The van der Waals surface area contributed by atoms with E-state index >= 15 is 0 Å². The molecule has 2 aliphatic rings. The van der Waals surface area contributed by atoms with Crippen LogP contribution in [0.25, 0.3) is 0 Å². The van der Waals surface area contributed by atoms with E-state index in [4.69, 9.17) is 15.2 Å². The first-order valence-corrected chi connectivity index (χ1v) is 7.34. The van der Waals surface area contributed by atoms with E-state index in [1.165, 1.54) is 5.69 Å². The zero-order valence-corrected chi connectivity index (χ0v) is 12.3. The molecule has 5 heteroatoms. The Kier molecular flexibility index (Phi) is 3.67. The maximum Gasteiger partial charge on any atom is 0.186 e. The average Bonchev–Trinajstić information content (AvgIpc) is 2.86. The molecule has 2 N–H and O–H groups in total. The SMILES string of the molecule is Cc1cc(N2CCCC3(C2)OCCO3)c(CN)c(C)n1. The molecular weight excluding hydrogens is 254 g/mol. The summed E-state index contributed by atoms with van der Waals surface area (Å²) in [6.07, 6.45) is 2.05. The van der Waals surface area contributed by atoms with Crippen LogP contribution in [0.15, 0.2) is 6.07 Å². The minimum Gasteiger partial charge on any atom is -0.366 e. The quantitative estimate of drug-likeness (QED) is 0.887. The van der Waals surface area contributed by atoms with Crippen LogP contribution in [-0.2, 0) is 16.0 Å². The highest BCUT2D eigenvalue weighted by Crippen LogP contribution is 2.34. The zero-order valence-electron chi connectivity index (χ0n) is 12.3. The molecule has 3 rings (SSSR count). The van der Waals surface area contributed by atoms with Crippen LogP contribution in [0.3, 0.4) is 0 Å². The lowest BCUT2D eigenvalue weighted by atomic mass is 10.0. The zero-order chi connectivity index (χ0) is 14.2. The summed E-state index contributed by atoms with van der Waals surface area (Å²) < 4.78 is 11.7. The van der Waals surface area contributed by atoms with Crippen LogP contribution in [0.5, 0.6) is 0 Å². The molecule has 20 heavy (non-hydrogen) atoms. The van der Waals surface area contributed by atoms with Gasteiger partial charge in [0.15, 0.2) is 5.79 Å². The molecule has 0 amide bonds. The van der Waals surface area contributed by atoms with E-state index in [1.807, 2.05) is 13.8 Å². The number of piperidine rings is 1. The Morgan fingerprint density at radius 1 is 1.35 bits per heavy atom. The maximum atomic E-state index is 5.92. The van der Waals surface area contributed by atoms with E-state index in [9.17, 15) is 0 Å². The van der Waals surface area contributed by atoms with E-state index < -0.39 is 5.79 Å². The highest BCUT2D eigenvalue weighted by molar-refractivity contribution is 5.56. The molecule has 2 saturated heterocycles. The summed E-state index contributed by atoms with van der Waals surface area (Å²) in [6, 6.07) is 2.13. The molecule has 1 spiro atoms. The smallest absolute Gasteiger partial charge is 0.186 e. The Bertz CT molecular complexity index is 498. The molecule has 3 heterocycles. The second kappa shape index (κ2) is 5.31. The van der Waals surface area contributed by atoms with Crippen molar-refractivity contribution in [2.75, 3.05) is 31.2 Å². The van der Waals surface area contributed by atoms with Crippen molar-refractivity contribution >= 4 is 5.69 Å². The van der Waals surface area contributed by atoms with Crippen molar-refractivity contribution in [3.8, 4) is 0 Å². The van der Waals surface area contributed by atoms with E-state index in [0.717, 1.165) is 42.9 Å². The molecule has 0 atom stereocenters. The van der Waals surface area contributed by atoms with E-state index in [-0.39, 0.29) is 0 Å². The number of ether oxygens (including phenoxy) is 2. The Labute approximate surface area is 120 Å². The first-order valence-electron chi connectivity index (χ1n) is 7.34. The summed E-state index contributed by atoms with van der Waals surface area (Å²) >= 11 is 0. The molecule has 110 valence electrons. The Morgan fingerprint density at radius 2 is 2.10 bits per heavy atom. The molecule has 0 aromatic carbocycles. The fourth-order valence-corrected chi connectivity index (χ4v) is 3.30. The van der Waals surface area contributed by atoms with Gasteiger partial charge in [0.2, 0.25) is 0 Å². The summed E-state index contributed by atoms with van der Waals surface area (Å²) in [7, 11) is 0. The van der Waals surface area contributed by atoms with Crippen molar-refractivity contribution in [1.82, 2.24) is 4.98 Å². The number of pyridine rings is 1. The van der Waals surface area contributed by atoms with Crippen molar-refractivity contribution < 1.29 is 9.47 Å². The second-order valence-electron chi connectivity index (χ2n) is 5.68. The van der Waals surface area contributed by atoms with Gasteiger partial charge < -0.3 is 20.1 Å². The molecule has 1 aromatic rings. The Balaban J connectivity index is 1.92. The summed E-state index contributed by atoms with van der Waals surface area (Å²) in [5.41, 5.74) is 10.3. The van der Waals surface area contributed by atoms with Crippen molar-refractivity contribution in [2.45, 2.75) is 39.0 Å². The minimum atomic E-state index is -0.408. The molecule has 1 aromatic heterocycles. The number of anilines is 1. The number of nitrogens with two attached hydrogens (primary N) is 1. The number of aryl methyl sites for hydroxylation is 2. The summed E-state index contributed by atoms with van der Waals surface area (Å²) in [6.45, 7) is 7.77. The third kappa shape index (κ3) is 2.41. The van der Waals surface area contributed by atoms with Gasteiger partial charge in [-0.15, -0.1) is 0 Å². The van der Waals surface area contributed by atoms with Gasteiger partial charge in [-0.3, -0.25) is 4.98 Å².